The molecule has 0 unspecified atom stereocenters. The molecule has 5 rings (SSSR count). The van der Waals surface area contributed by atoms with E-state index in [4.69, 9.17) is 0 Å². The largest absolute Gasteiger partial charge is 0.352 e. The number of rotatable bonds is 7. The molecule has 0 spiro atoms. The van der Waals surface area contributed by atoms with Gasteiger partial charge < -0.3 is 5.32 Å². The van der Waals surface area contributed by atoms with Crippen LogP contribution in [0, 0.1) is 0 Å². The van der Waals surface area contributed by atoms with Crippen molar-refractivity contribution >= 4 is 38.4 Å². The van der Waals surface area contributed by atoms with Gasteiger partial charge in [0, 0.05) is 29.4 Å². The highest BCUT2D eigenvalue weighted by Crippen LogP contribution is 2.39. The predicted molar refractivity (Wildman–Crippen MR) is 127 cm³/mol. The van der Waals surface area contributed by atoms with Gasteiger partial charge in [0.1, 0.15) is 0 Å². The maximum Gasteiger partial charge on any atom is 0.329 e. The number of hydrogen-bond donors (Lipinski definition) is 2. The van der Waals surface area contributed by atoms with Gasteiger partial charge in [-0.25, -0.2) is 9.78 Å². The van der Waals surface area contributed by atoms with Crippen molar-refractivity contribution in [2.75, 3.05) is 6.54 Å². The van der Waals surface area contributed by atoms with Gasteiger partial charge in [-0.1, -0.05) is 25.1 Å². The SMILES string of the molecule is CCCn1c(=O)[nH]c(=O)c2c(C(=O)NCCc3csc4ccccc34)cc(C3CC3)nc21. The number of carbonyl (C=O) groups excluding carboxylic acids is 1. The van der Waals surface area contributed by atoms with Crippen LogP contribution in [0.3, 0.4) is 0 Å². The molecule has 1 amide bonds. The number of benzene rings is 1. The number of H-pyrrole nitrogens is 1. The summed E-state index contributed by atoms with van der Waals surface area (Å²) in [6.45, 7) is 2.84. The minimum atomic E-state index is -0.568. The van der Waals surface area contributed by atoms with Crippen LogP contribution < -0.4 is 16.6 Å². The lowest BCUT2D eigenvalue weighted by Gasteiger charge is -2.13. The molecule has 1 fully saturated rings. The number of hydrogen-bond acceptors (Lipinski definition) is 5. The average molecular weight is 449 g/mol. The molecule has 0 bridgehead atoms. The van der Waals surface area contributed by atoms with Gasteiger partial charge in [-0.15, -0.1) is 11.3 Å². The molecular formula is C24H24N4O3S. The van der Waals surface area contributed by atoms with Gasteiger partial charge in [-0.2, -0.15) is 0 Å². The van der Waals surface area contributed by atoms with E-state index in [2.05, 4.69) is 32.8 Å². The highest BCUT2D eigenvalue weighted by atomic mass is 32.1. The van der Waals surface area contributed by atoms with Crippen LogP contribution in [0.4, 0.5) is 0 Å². The zero-order chi connectivity index (χ0) is 22.2. The number of pyridine rings is 1. The smallest absolute Gasteiger partial charge is 0.329 e. The van der Waals surface area contributed by atoms with Crippen molar-refractivity contribution in [2.24, 2.45) is 0 Å². The minimum Gasteiger partial charge on any atom is -0.352 e. The normalized spacial score (nSPS) is 13.7. The molecule has 1 aliphatic rings. The van der Waals surface area contributed by atoms with Crippen LogP contribution in [-0.4, -0.2) is 27.0 Å². The number of aryl methyl sites for hydroxylation is 1. The van der Waals surface area contributed by atoms with Gasteiger partial charge in [0.05, 0.1) is 10.9 Å². The number of fused-ring (bicyclic) bond motifs is 2. The van der Waals surface area contributed by atoms with E-state index in [-0.39, 0.29) is 22.8 Å². The van der Waals surface area contributed by atoms with Crippen molar-refractivity contribution in [1.82, 2.24) is 19.9 Å². The molecule has 32 heavy (non-hydrogen) atoms. The van der Waals surface area contributed by atoms with Crippen molar-refractivity contribution in [3.8, 4) is 0 Å². The number of aromatic nitrogens is 3. The Morgan fingerprint density at radius 3 is 2.88 bits per heavy atom. The number of aromatic amines is 1. The fraction of sp³-hybridized carbons (Fsp3) is 0.333. The van der Waals surface area contributed by atoms with E-state index >= 15 is 0 Å². The molecule has 7 nitrogen and oxygen atoms in total. The van der Waals surface area contributed by atoms with E-state index in [1.165, 1.54) is 20.2 Å². The second-order valence-corrected chi connectivity index (χ2v) is 9.15. The van der Waals surface area contributed by atoms with E-state index in [1.54, 1.807) is 17.4 Å². The topological polar surface area (TPSA) is 96.9 Å². The van der Waals surface area contributed by atoms with Gasteiger partial charge in [0.2, 0.25) is 0 Å². The Labute approximate surface area is 188 Å². The van der Waals surface area contributed by atoms with Gasteiger partial charge in [-0.3, -0.25) is 19.1 Å². The third kappa shape index (κ3) is 3.75. The highest BCUT2D eigenvalue weighted by molar-refractivity contribution is 7.17. The Bertz CT molecular complexity index is 1450. The monoisotopic (exact) mass is 448 g/mol. The molecule has 8 heteroatoms. The van der Waals surface area contributed by atoms with Gasteiger partial charge in [-0.05, 0) is 54.1 Å². The third-order valence-electron chi connectivity index (χ3n) is 5.90. The molecule has 164 valence electrons. The zero-order valence-electron chi connectivity index (χ0n) is 17.8. The molecule has 0 saturated heterocycles. The lowest BCUT2D eigenvalue weighted by molar-refractivity contribution is 0.0955. The van der Waals surface area contributed by atoms with E-state index in [9.17, 15) is 14.4 Å². The summed E-state index contributed by atoms with van der Waals surface area (Å²) in [6.07, 6.45) is 3.43. The van der Waals surface area contributed by atoms with Crippen LogP contribution in [0.15, 0.2) is 45.3 Å². The molecule has 1 aliphatic carbocycles. The second-order valence-electron chi connectivity index (χ2n) is 8.24. The van der Waals surface area contributed by atoms with Gasteiger partial charge in [0.15, 0.2) is 5.65 Å². The van der Waals surface area contributed by atoms with Crippen LogP contribution in [0.1, 0.15) is 53.7 Å². The molecule has 3 aromatic heterocycles. The Morgan fingerprint density at radius 1 is 1.28 bits per heavy atom. The minimum absolute atomic E-state index is 0.181. The Balaban J connectivity index is 1.48. The summed E-state index contributed by atoms with van der Waals surface area (Å²) in [4.78, 5) is 45.3. The first-order chi connectivity index (χ1) is 15.6. The maximum absolute atomic E-state index is 13.2. The average Bonchev–Trinajstić information content (AvgIpc) is 3.57. The summed E-state index contributed by atoms with van der Waals surface area (Å²) in [5.41, 5.74) is 1.51. The Hall–Kier alpha value is -3.26. The highest BCUT2D eigenvalue weighted by Gasteiger charge is 2.28. The fourth-order valence-corrected chi connectivity index (χ4v) is 5.12. The Morgan fingerprint density at radius 2 is 2.09 bits per heavy atom. The lowest BCUT2D eigenvalue weighted by atomic mass is 10.1. The number of amides is 1. The first-order valence-electron chi connectivity index (χ1n) is 11.0. The van der Waals surface area contributed by atoms with Crippen molar-refractivity contribution in [3.63, 3.8) is 0 Å². The van der Waals surface area contributed by atoms with Crippen molar-refractivity contribution in [3.05, 3.63) is 73.4 Å². The molecule has 0 radical (unpaired) electrons. The van der Waals surface area contributed by atoms with Crippen molar-refractivity contribution in [2.45, 2.75) is 45.1 Å². The molecule has 4 aromatic rings. The molecule has 0 atom stereocenters. The number of nitrogens with zero attached hydrogens (tertiary/aromatic N) is 2. The van der Waals surface area contributed by atoms with Crippen molar-refractivity contribution < 1.29 is 4.79 Å². The van der Waals surface area contributed by atoms with Crippen LogP contribution in [-0.2, 0) is 13.0 Å². The molecule has 0 aliphatic heterocycles. The molecule has 1 aromatic carbocycles. The van der Waals surface area contributed by atoms with Crippen LogP contribution in [0.2, 0.25) is 0 Å². The number of nitrogens with one attached hydrogen (secondary N) is 2. The molecule has 2 N–H and O–H groups in total. The van der Waals surface area contributed by atoms with Crippen molar-refractivity contribution in [1.29, 1.82) is 0 Å². The first-order valence-corrected chi connectivity index (χ1v) is 11.9. The van der Waals surface area contributed by atoms with Crippen LogP contribution in [0.25, 0.3) is 21.1 Å². The first kappa shape index (κ1) is 20.6. The predicted octanol–water partition coefficient (Wildman–Crippen LogP) is 3.56. The molecule has 1 saturated carbocycles. The lowest BCUT2D eigenvalue weighted by Crippen LogP contribution is -2.34. The summed E-state index contributed by atoms with van der Waals surface area (Å²) >= 11 is 1.69. The summed E-state index contributed by atoms with van der Waals surface area (Å²) in [5, 5.41) is 6.48. The second kappa shape index (κ2) is 8.35. The summed E-state index contributed by atoms with van der Waals surface area (Å²) in [7, 11) is 0. The zero-order valence-corrected chi connectivity index (χ0v) is 18.6. The molecular weight excluding hydrogens is 424 g/mol. The maximum atomic E-state index is 13.2. The number of carbonyl (C=O) groups is 1. The van der Waals surface area contributed by atoms with E-state index in [0.29, 0.717) is 31.6 Å². The number of thiophene rings is 1. The third-order valence-corrected chi connectivity index (χ3v) is 6.91. The molecule has 3 heterocycles. The van der Waals surface area contributed by atoms with Gasteiger partial charge >= 0.3 is 5.69 Å². The van der Waals surface area contributed by atoms with Crippen LogP contribution in [0.5, 0.6) is 0 Å². The fourth-order valence-electron chi connectivity index (χ4n) is 4.12. The summed E-state index contributed by atoms with van der Waals surface area (Å²) in [6, 6.07) is 9.94. The van der Waals surface area contributed by atoms with Crippen LogP contribution >= 0.6 is 11.3 Å². The van der Waals surface area contributed by atoms with E-state index < -0.39 is 11.2 Å². The van der Waals surface area contributed by atoms with E-state index in [0.717, 1.165) is 18.5 Å². The standard InChI is InChI=1S/C24H24N4O3S/c1-2-11-28-21-20(23(30)27-24(28)31)17(12-18(26-21)14-7-8-14)22(29)25-10-9-15-13-32-19-6-4-3-5-16(15)19/h3-6,12-14H,2,7-11H2,1H3,(H,25,29)(H,27,30,31). The Kier molecular flexibility index (Phi) is 5.38. The quantitative estimate of drug-likeness (QED) is 0.452. The summed E-state index contributed by atoms with van der Waals surface area (Å²) in [5.74, 6) is -0.0291. The summed E-state index contributed by atoms with van der Waals surface area (Å²) < 4.78 is 2.69. The van der Waals surface area contributed by atoms with E-state index in [1.807, 2.05) is 19.1 Å². The van der Waals surface area contributed by atoms with Gasteiger partial charge in [0.25, 0.3) is 11.5 Å².